The molecule has 0 amide bonds. The molecule has 0 N–H and O–H groups in total. The lowest BCUT2D eigenvalue weighted by Crippen LogP contribution is -2.39. The van der Waals surface area contributed by atoms with Gasteiger partial charge in [-0.3, -0.25) is 4.98 Å². The van der Waals surface area contributed by atoms with E-state index in [1.54, 1.807) is 31.4 Å². The van der Waals surface area contributed by atoms with Crippen molar-refractivity contribution in [2.75, 3.05) is 25.1 Å². The van der Waals surface area contributed by atoms with Crippen molar-refractivity contribution in [3.63, 3.8) is 0 Å². The Kier molecular flexibility index (Phi) is 5.21. The smallest absolute Gasteiger partial charge is 0.210 e. The Morgan fingerprint density at radius 3 is 2.38 bits per heavy atom. The average molecular weight is 411 g/mol. The highest BCUT2D eigenvalue weighted by molar-refractivity contribution is 7.91. The minimum absolute atomic E-state index is 0.255. The summed E-state index contributed by atoms with van der Waals surface area (Å²) in [4.78, 5) is 7.24. The number of rotatable bonds is 4. The standard InChI is InChI=1S/C23H26N2O3S/c1-16-11-17(2)15-25(14-16)23-20-12-18(28-3)9-10-21(20)24-13-22(23)29(26,27)19-7-5-4-6-8-19/h4-10,12-13,16-17H,11,14-15H2,1-3H3. The van der Waals surface area contributed by atoms with Crippen molar-refractivity contribution in [2.24, 2.45) is 11.8 Å². The van der Waals surface area contributed by atoms with Gasteiger partial charge in [0.25, 0.3) is 0 Å². The van der Waals surface area contributed by atoms with Crippen molar-refractivity contribution in [1.29, 1.82) is 0 Å². The van der Waals surface area contributed by atoms with Crippen molar-refractivity contribution < 1.29 is 13.2 Å². The number of sulfone groups is 1. The molecule has 0 aliphatic carbocycles. The van der Waals surface area contributed by atoms with E-state index in [1.807, 2.05) is 24.3 Å². The number of nitrogens with zero attached hydrogens (tertiary/aromatic N) is 2. The summed E-state index contributed by atoms with van der Waals surface area (Å²) in [6.45, 7) is 6.08. The molecule has 0 radical (unpaired) electrons. The Morgan fingerprint density at radius 1 is 1.03 bits per heavy atom. The first-order chi connectivity index (χ1) is 13.9. The predicted octanol–water partition coefficient (Wildman–Crippen LogP) is 4.56. The van der Waals surface area contributed by atoms with E-state index in [0.29, 0.717) is 17.6 Å². The van der Waals surface area contributed by atoms with Crippen LogP contribution in [0.5, 0.6) is 5.75 Å². The van der Waals surface area contributed by atoms with E-state index in [-0.39, 0.29) is 9.79 Å². The van der Waals surface area contributed by atoms with Crippen LogP contribution in [0.1, 0.15) is 20.3 Å². The fourth-order valence-corrected chi connectivity index (χ4v) is 5.82. The van der Waals surface area contributed by atoms with Crippen molar-refractivity contribution in [3.8, 4) is 5.75 Å². The maximum absolute atomic E-state index is 13.6. The number of aromatic nitrogens is 1. The molecule has 1 fully saturated rings. The zero-order valence-electron chi connectivity index (χ0n) is 17.0. The van der Waals surface area contributed by atoms with Gasteiger partial charge in [-0.05, 0) is 48.6 Å². The number of fused-ring (bicyclic) bond motifs is 1. The average Bonchev–Trinajstić information content (AvgIpc) is 2.72. The van der Waals surface area contributed by atoms with E-state index in [2.05, 4.69) is 23.7 Å². The van der Waals surface area contributed by atoms with Crippen LogP contribution in [0.25, 0.3) is 10.9 Å². The summed E-state index contributed by atoms with van der Waals surface area (Å²) in [5.74, 6) is 1.66. The maximum atomic E-state index is 13.6. The van der Waals surface area contributed by atoms with Gasteiger partial charge in [0.1, 0.15) is 10.6 Å². The van der Waals surface area contributed by atoms with Crippen LogP contribution in [0.2, 0.25) is 0 Å². The largest absolute Gasteiger partial charge is 0.497 e. The molecular formula is C23H26N2O3S. The summed E-state index contributed by atoms with van der Waals surface area (Å²) in [6.07, 6.45) is 2.65. The first-order valence-electron chi connectivity index (χ1n) is 9.92. The molecule has 0 spiro atoms. The quantitative estimate of drug-likeness (QED) is 0.631. The molecule has 0 bridgehead atoms. The fourth-order valence-electron chi connectivity index (χ4n) is 4.36. The predicted molar refractivity (Wildman–Crippen MR) is 115 cm³/mol. The lowest BCUT2D eigenvalue weighted by Gasteiger charge is -2.38. The minimum Gasteiger partial charge on any atom is -0.497 e. The number of hydrogen-bond donors (Lipinski definition) is 0. The topological polar surface area (TPSA) is 59.5 Å². The maximum Gasteiger partial charge on any atom is 0.210 e. The summed E-state index contributed by atoms with van der Waals surface area (Å²) in [5, 5.41) is 0.808. The lowest BCUT2D eigenvalue weighted by atomic mass is 9.91. The molecule has 2 aromatic carbocycles. The number of ether oxygens (including phenoxy) is 1. The Morgan fingerprint density at radius 2 is 1.72 bits per heavy atom. The molecule has 1 aromatic heterocycles. The third-order valence-corrected chi connectivity index (χ3v) is 7.31. The normalized spacial score (nSPS) is 20.0. The molecule has 152 valence electrons. The molecule has 2 atom stereocenters. The van der Waals surface area contributed by atoms with Crippen molar-refractivity contribution in [1.82, 2.24) is 4.98 Å². The van der Waals surface area contributed by atoms with E-state index in [1.165, 1.54) is 6.20 Å². The third kappa shape index (κ3) is 3.69. The molecule has 4 rings (SSSR count). The van der Waals surface area contributed by atoms with Crippen LogP contribution in [0.3, 0.4) is 0 Å². The van der Waals surface area contributed by atoms with Gasteiger partial charge < -0.3 is 9.64 Å². The molecule has 1 saturated heterocycles. The van der Waals surface area contributed by atoms with Crippen LogP contribution >= 0.6 is 0 Å². The van der Waals surface area contributed by atoms with Crippen molar-refractivity contribution in [2.45, 2.75) is 30.1 Å². The Hall–Kier alpha value is -2.60. The molecule has 2 unspecified atom stereocenters. The third-order valence-electron chi connectivity index (χ3n) is 5.54. The summed E-state index contributed by atoms with van der Waals surface area (Å²) >= 11 is 0. The van der Waals surface area contributed by atoms with Gasteiger partial charge in [0, 0.05) is 24.7 Å². The number of pyridine rings is 1. The summed E-state index contributed by atoms with van der Waals surface area (Å²) in [6, 6.07) is 14.2. The van der Waals surface area contributed by atoms with Crippen LogP contribution < -0.4 is 9.64 Å². The number of methoxy groups -OCH3 is 1. The van der Waals surface area contributed by atoms with E-state index < -0.39 is 9.84 Å². The van der Waals surface area contributed by atoms with Gasteiger partial charge in [0.05, 0.1) is 23.2 Å². The Balaban J connectivity index is 1.99. The summed E-state index contributed by atoms with van der Waals surface area (Å²) < 4.78 is 32.5. The Bertz CT molecular complexity index is 1120. The zero-order valence-corrected chi connectivity index (χ0v) is 17.8. The highest BCUT2D eigenvalue weighted by Gasteiger charge is 2.30. The molecule has 6 heteroatoms. The van der Waals surface area contributed by atoms with Gasteiger partial charge >= 0.3 is 0 Å². The van der Waals surface area contributed by atoms with Gasteiger partial charge in [-0.15, -0.1) is 0 Å². The minimum atomic E-state index is -3.71. The second-order valence-corrected chi connectivity index (χ2v) is 9.94. The molecule has 1 aliphatic rings. The fraction of sp³-hybridized carbons (Fsp3) is 0.348. The van der Waals surface area contributed by atoms with Crippen molar-refractivity contribution in [3.05, 3.63) is 54.7 Å². The molecule has 3 aromatic rings. The molecular weight excluding hydrogens is 384 g/mol. The highest BCUT2D eigenvalue weighted by Crippen LogP contribution is 2.39. The molecule has 2 heterocycles. The van der Waals surface area contributed by atoms with E-state index >= 15 is 0 Å². The Labute approximate surface area is 172 Å². The van der Waals surface area contributed by atoms with Gasteiger partial charge in [0.15, 0.2) is 0 Å². The monoisotopic (exact) mass is 410 g/mol. The van der Waals surface area contributed by atoms with Crippen LogP contribution in [0.15, 0.2) is 64.5 Å². The SMILES string of the molecule is COc1ccc2ncc(S(=O)(=O)c3ccccc3)c(N3CC(C)CC(C)C3)c2c1. The van der Waals surface area contributed by atoms with Gasteiger partial charge in [-0.1, -0.05) is 32.0 Å². The number of piperidine rings is 1. The summed E-state index contributed by atoms with van der Waals surface area (Å²) in [5.41, 5.74) is 1.50. The zero-order chi connectivity index (χ0) is 20.6. The second kappa shape index (κ2) is 7.67. The highest BCUT2D eigenvalue weighted by atomic mass is 32.2. The second-order valence-electron chi connectivity index (χ2n) is 8.02. The van der Waals surface area contributed by atoms with Crippen LogP contribution in [-0.4, -0.2) is 33.6 Å². The van der Waals surface area contributed by atoms with Crippen molar-refractivity contribution >= 4 is 26.4 Å². The van der Waals surface area contributed by atoms with Crippen LogP contribution in [-0.2, 0) is 9.84 Å². The molecule has 5 nitrogen and oxygen atoms in total. The number of hydrogen-bond acceptors (Lipinski definition) is 5. The lowest BCUT2D eigenvalue weighted by molar-refractivity contribution is 0.356. The molecule has 29 heavy (non-hydrogen) atoms. The van der Waals surface area contributed by atoms with E-state index in [9.17, 15) is 8.42 Å². The summed E-state index contributed by atoms with van der Waals surface area (Å²) in [7, 11) is -2.09. The first kappa shape index (κ1) is 19.7. The first-order valence-corrected chi connectivity index (χ1v) is 11.4. The number of anilines is 1. The van der Waals surface area contributed by atoms with E-state index in [0.717, 1.165) is 36.1 Å². The van der Waals surface area contributed by atoms with Crippen LogP contribution in [0, 0.1) is 11.8 Å². The molecule has 1 aliphatic heterocycles. The molecule has 0 saturated carbocycles. The van der Waals surface area contributed by atoms with Crippen LogP contribution in [0.4, 0.5) is 5.69 Å². The van der Waals surface area contributed by atoms with Gasteiger partial charge in [-0.2, -0.15) is 0 Å². The number of benzene rings is 2. The van der Waals surface area contributed by atoms with E-state index in [4.69, 9.17) is 4.74 Å². The van der Waals surface area contributed by atoms with Gasteiger partial charge in [-0.25, -0.2) is 8.42 Å². The van der Waals surface area contributed by atoms with Gasteiger partial charge in [0.2, 0.25) is 9.84 Å².